The van der Waals surface area contributed by atoms with E-state index in [2.05, 4.69) is 6.58 Å². The Morgan fingerprint density at radius 2 is 1.94 bits per heavy atom. The zero-order chi connectivity index (χ0) is 25.7. The number of esters is 2. The van der Waals surface area contributed by atoms with Gasteiger partial charge >= 0.3 is 17.9 Å². The van der Waals surface area contributed by atoms with Crippen molar-refractivity contribution in [2.45, 2.75) is 95.6 Å². The van der Waals surface area contributed by atoms with Gasteiger partial charge in [-0.15, -0.1) is 6.58 Å². The van der Waals surface area contributed by atoms with Crippen LogP contribution in [0.3, 0.4) is 0 Å². The zero-order valence-electron chi connectivity index (χ0n) is 20.2. The third-order valence-corrected chi connectivity index (χ3v) is 6.51. The fourth-order valence-corrected chi connectivity index (χ4v) is 4.59. The van der Waals surface area contributed by atoms with Gasteiger partial charge in [0.05, 0.1) is 43.4 Å². The second kappa shape index (κ2) is 11.4. The topological polar surface area (TPSA) is 149 Å². The van der Waals surface area contributed by atoms with Crippen molar-refractivity contribution in [3.63, 3.8) is 0 Å². The van der Waals surface area contributed by atoms with E-state index in [1.54, 1.807) is 19.9 Å². The van der Waals surface area contributed by atoms with Crippen molar-refractivity contribution in [2.75, 3.05) is 7.11 Å². The molecule has 0 aromatic rings. The minimum Gasteiger partial charge on any atom is -0.481 e. The van der Waals surface area contributed by atoms with Gasteiger partial charge in [0.15, 0.2) is 5.79 Å². The van der Waals surface area contributed by atoms with E-state index in [1.165, 1.54) is 20.1 Å². The zero-order valence-corrected chi connectivity index (χ0v) is 20.2. The summed E-state index contributed by atoms with van der Waals surface area (Å²) in [4.78, 5) is 34.5. The van der Waals surface area contributed by atoms with Gasteiger partial charge in [0.1, 0.15) is 6.10 Å². The van der Waals surface area contributed by atoms with Crippen LogP contribution in [0, 0.1) is 5.41 Å². The highest BCUT2D eigenvalue weighted by Gasteiger charge is 2.57. The predicted octanol–water partition coefficient (Wildman–Crippen LogP) is 1.87. The normalized spacial score (nSPS) is 33.1. The predicted molar refractivity (Wildman–Crippen MR) is 119 cm³/mol. The Balaban J connectivity index is 2.30. The largest absolute Gasteiger partial charge is 0.481 e. The molecule has 2 aliphatic rings. The number of aliphatic hydroxyl groups excluding tert-OH is 1. The van der Waals surface area contributed by atoms with Gasteiger partial charge in [-0.25, -0.2) is 4.79 Å². The van der Waals surface area contributed by atoms with Crippen LogP contribution in [0.15, 0.2) is 24.3 Å². The van der Waals surface area contributed by atoms with E-state index < -0.39 is 59.9 Å². The lowest BCUT2D eigenvalue weighted by atomic mass is 9.70. The van der Waals surface area contributed by atoms with E-state index in [0.29, 0.717) is 12.8 Å². The Hall–Kier alpha value is -2.27. The van der Waals surface area contributed by atoms with Crippen molar-refractivity contribution in [3.8, 4) is 0 Å². The van der Waals surface area contributed by atoms with E-state index in [1.807, 2.05) is 0 Å². The number of hydrogen-bond acceptors (Lipinski definition) is 9. The van der Waals surface area contributed by atoms with Gasteiger partial charge in [0.25, 0.3) is 0 Å². The van der Waals surface area contributed by atoms with Crippen LogP contribution in [0.2, 0.25) is 0 Å². The van der Waals surface area contributed by atoms with E-state index >= 15 is 0 Å². The molecular formula is C24H36O10. The van der Waals surface area contributed by atoms with Crippen LogP contribution in [0.1, 0.15) is 59.3 Å². The molecule has 0 radical (unpaired) electrons. The summed E-state index contributed by atoms with van der Waals surface area (Å²) >= 11 is 0. The van der Waals surface area contributed by atoms with Crippen LogP contribution >= 0.6 is 0 Å². The number of carboxylic acids is 1. The number of carbonyl (C=O) groups excluding carboxylic acids is 2. The first-order valence-electron chi connectivity index (χ1n) is 11.3. The summed E-state index contributed by atoms with van der Waals surface area (Å²) in [6, 6.07) is 0. The van der Waals surface area contributed by atoms with Crippen LogP contribution in [0.5, 0.6) is 0 Å². The molecule has 2 fully saturated rings. The van der Waals surface area contributed by atoms with E-state index in [9.17, 15) is 24.6 Å². The quantitative estimate of drug-likeness (QED) is 0.251. The lowest BCUT2D eigenvalue weighted by Gasteiger charge is -2.53. The third kappa shape index (κ3) is 7.11. The molecule has 2 heterocycles. The Kier molecular flexibility index (Phi) is 9.41. The molecule has 0 aromatic heterocycles. The first kappa shape index (κ1) is 28.0. The second-order valence-corrected chi connectivity index (χ2v) is 9.54. The minimum atomic E-state index is -1.84. The van der Waals surface area contributed by atoms with Gasteiger partial charge in [0.2, 0.25) is 0 Å². The maximum absolute atomic E-state index is 11.8. The van der Waals surface area contributed by atoms with Crippen molar-refractivity contribution in [1.82, 2.24) is 0 Å². The second-order valence-electron chi connectivity index (χ2n) is 9.54. The molecule has 2 rings (SSSR count). The van der Waals surface area contributed by atoms with E-state index in [-0.39, 0.29) is 25.4 Å². The first-order chi connectivity index (χ1) is 15.8. The maximum Gasteiger partial charge on any atom is 0.330 e. The van der Waals surface area contributed by atoms with Gasteiger partial charge in [0, 0.05) is 32.3 Å². The summed E-state index contributed by atoms with van der Waals surface area (Å²) in [5.74, 6) is -4.03. The molecule has 1 unspecified atom stereocenters. The molecule has 0 aliphatic carbocycles. The summed E-state index contributed by atoms with van der Waals surface area (Å²) in [6.07, 6.45) is -0.232. The molecule has 34 heavy (non-hydrogen) atoms. The van der Waals surface area contributed by atoms with Crippen LogP contribution < -0.4 is 0 Å². The Morgan fingerprint density at radius 1 is 1.26 bits per heavy atom. The smallest absolute Gasteiger partial charge is 0.330 e. The fourth-order valence-electron chi connectivity index (χ4n) is 4.59. The molecule has 0 spiro atoms. The Labute approximate surface area is 199 Å². The van der Waals surface area contributed by atoms with Crippen molar-refractivity contribution in [1.29, 1.82) is 0 Å². The molecule has 3 N–H and O–H groups in total. The van der Waals surface area contributed by atoms with Gasteiger partial charge in [-0.1, -0.05) is 25.5 Å². The van der Waals surface area contributed by atoms with Crippen molar-refractivity contribution in [2.24, 2.45) is 5.41 Å². The van der Waals surface area contributed by atoms with Crippen LogP contribution in [0.25, 0.3) is 0 Å². The van der Waals surface area contributed by atoms with E-state index in [0.717, 1.165) is 5.57 Å². The number of ether oxygens (including phenoxy) is 4. The summed E-state index contributed by atoms with van der Waals surface area (Å²) in [6.45, 7) is 8.45. The lowest BCUT2D eigenvalue weighted by Crippen LogP contribution is -2.62. The summed E-state index contributed by atoms with van der Waals surface area (Å²) in [5, 5.41) is 30.8. The number of carboxylic acid groups (broad SMARTS) is 1. The monoisotopic (exact) mass is 484 g/mol. The first-order valence-corrected chi connectivity index (χ1v) is 11.3. The number of hydrogen-bond donors (Lipinski definition) is 3. The fraction of sp³-hybridized carbons (Fsp3) is 0.708. The van der Waals surface area contributed by atoms with E-state index in [4.69, 9.17) is 24.1 Å². The maximum atomic E-state index is 11.8. The third-order valence-electron chi connectivity index (χ3n) is 6.51. The average molecular weight is 485 g/mol. The highest BCUT2D eigenvalue weighted by atomic mass is 16.6. The molecule has 0 aromatic carbocycles. The van der Waals surface area contributed by atoms with Crippen molar-refractivity contribution in [3.05, 3.63) is 24.3 Å². The van der Waals surface area contributed by atoms with Gasteiger partial charge < -0.3 is 34.3 Å². The molecule has 2 aliphatic heterocycles. The lowest BCUT2D eigenvalue weighted by molar-refractivity contribution is -0.348. The van der Waals surface area contributed by atoms with Gasteiger partial charge in [-0.05, 0) is 12.8 Å². The molecular weight excluding hydrogens is 448 g/mol. The highest BCUT2D eigenvalue weighted by Crippen LogP contribution is 2.48. The van der Waals surface area contributed by atoms with Crippen LogP contribution in [-0.4, -0.2) is 76.6 Å². The van der Waals surface area contributed by atoms with Gasteiger partial charge in [-0.2, -0.15) is 0 Å². The average Bonchev–Trinajstić information content (AvgIpc) is 2.70. The molecule has 2 saturated heterocycles. The molecule has 10 heteroatoms. The number of aliphatic hydroxyl groups is 2. The number of methoxy groups -OCH3 is 1. The van der Waals surface area contributed by atoms with Crippen molar-refractivity contribution < 1.29 is 48.7 Å². The highest BCUT2D eigenvalue weighted by molar-refractivity contribution is 5.82. The van der Waals surface area contributed by atoms with Crippen LogP contribution in [-0.2, 0) is 33.3 Å². The summed E-state index contributed by atoms with van der Waals surface area (Å²) < 4.78 is 22.3. The summed E-state index contributed by atoms with van der Waals surface area (Å²) in [5.41, 5.74) is -0.293. The molecule has 0 saturated carbocycles. The summed E-state index contributed by atoms with van der Waals surface area (Å²) in [7, 11) is 1.29. The Bertz CT molecular complexity index is 804. The molecule has 10 nitrogen and oxygen atoms in total. The number of aliphatic carboxylic acids is 1. The Morgan fingerprint density at radius 3 is 2.50 bits per heavy atom. The SMILES string of the molecule is C=C[C@H]1C/C(=C\C(=O)OC)C[C@@H](CC2(O)O[C@H](C[C@@H](O)CC(=O)O)C[C@H](OC(C)=O)C2(C)C)O1. The minimum absolute atomic E-state index is 0.0217. The number of rotatable bonds is 9. The molecule has 0 amide bonds. The van der Waals surface area contributed by atoms with Crippen LogP contribution in [0.4, 0.5) is 0 Å². The standard InChI is InChI=1S/C24H36O10/c1-6-17-7-15(9-22(29)31-5)8-19(33-17)13-24(30)23(3,4)20(32-14(2)25)12-18(34-24)10-16(26)11-21(27)28/h6,9,16-20,26,30H,1,7-8,10-13H2,2-5H3,(H,27,28)/b15-9+/t16-,17+,18-,19+,20+,24?/m1/s1. The number of carbonyl (C=O) groups is 3. The molecule has 6 atom stereocenters. The van der Waals surface area contributed by atoms with Crippen molar-refractivity contribution >= 4 is 17.9 Å². The van der Waals surface area contributed by atoms with Gasteiger partial charge in [-0.3, -0.25) is 9.59 Å². The molecule has 192 valence electrons. The molecule has 0 bridgehead atoms.